The number of hydrogen-bond acceptors (Lipinski definition) is 1. The van der Waals surface area contributed by atoms with Crippen molar-refractivity contribution in [3.63, 3.8) is 0 Å². The SMILES string of the molecule is C/C=C\C=C(/C)C(C)=O. The molecule has 0 N–H and O–H groups in total. The lowest BCUT2D eigenvalue weighted by Gasteiger charge is -1.87. The van der Waals surface area contributed by atoms with E-state index < -0.39 is 0 Å². The Morgan fingerprint density at radius 1 is 1.33 bits per heavy atom. The molecule has 0 aliphatic carbocycles. The first kappa shape index (κ1) is 8.15. The molecule has 1 heteroatoms. The summed E-state index contributed by atoms with van der Waals surface area (Å²) in [5.74, 6) is 0.133. The predicted octanol–water partition coefficient (Wildman–Crippen LogP) is 2.10. The molecule has 0 rings (SSSR count). The fourth-order valence-electron chi connectivity index (χ4n) is 0.358. The summed E-state index contributed by atoms with van der Waals surface area (Å²) < 4.78 is 0. The van der Waals surface area contributed by atoms with Crippen LogP contribution in [0.4, 0.5) is 0 Å². The Kier molecular flexibility index (Phi) is 3.69. The van der Waals surface area contributed by atoms with Crippen LogP contribution in [-0.2, 0) is 4.79 Å². The van der Waals surface area contributed by atoms with E-state index in [1.807, 2.05) is 32.1 Å². The maximum absolute atomic E-state index is 10.5. The molecular weight excluding hydrogens is 112 g/mol. The van der Waals surface area contributed by atoms with Gasteiger partial charge in [0.05, 0.1) is 0 Å². The van der Waals surface area contributed by atoms with Crippen LogP contribution < -0.4 is 0 Å². The molecule has 0 spiro atoms. The normalized spacial score (nSPS) is 12.6. The van der Waals surface area contributed by atoms with E-state index in [-0.39, 0.29) is 5.78 Å². The molecular formula is C8H12O. The maximum atomic E-state index is 10.5. The van der Waals surface area contributed by atoms with Gasteiger partial charge in [0.25, 0.3) is 0 Å². The van der Waals surface area contributed by atoms with Crippen molar-refractivity contribution >= 4 is 5.78 Å². The van der Waals surface area contributed by atoms with E-state index in [9.17, 15) is 4.79 Å². The average molecular weight is 124 g/mol. The summed E-state index contributed by atoms with van der Waals surface area (Å²) in [6, 6.07) is 0. The van der Waals surface area contributed by atoms with Crippen LogP contribution in [0.2, 0.25) is 0 Å². The summed E-state index contributed by atoms with van der Waals surface area (Å²) >= 11 is 0. The molecule has 0 aliphatic rings. The topological polar surface area (TPSA) is 17.1 Å². The van der Waals surface area contributed by atoms with Crippen molar-refractivity contribution in [2.45, 2.75) is 20.8 Å². The molecule has 0 aromatic heterocycles. The van der Waals surface area contributed by atoms with Gasteiger partial charge in [-0.25, -0.2) is 0 Å². The first-order valence-electron chi connectivity index (χ1n) is 2.99. The third kappa shape index (κ3) is 3.71. The Hall–Kier alpha value is -0.850. The summed E-state index contributed by atoms with van der Waals surface area (Å²) in [7, 11) is 0. The van der Waals surface area contributed by atoms with Crippen LogP contribution >= 0.6 is 0 Å². The molecule has 9 heavy (non-hydrogen) atoms. The van der Waals surface area contributed by atoms with E-state index in [4.69, 9.17) is 0 Å². The number of carbonyl (C=O) groups is 1. The molecule has 0 aromatic carbocycles. The number of Topliss-reactive ketones (excluding diaryl/α,β-unsaturated/α-hetero) is 1. The zero-order valence-electron chi connectivity index (χ0n) is 6.14. The van der Waals surface area contributed by atoms with Crippen LogP contribution in [0.1, 0.15) is 20.8 Å². The maximum Gasteiger partial charge on any atom is 0.155 e. The smallest absolute Gasteiger partial charge is 0.155 e. The van der Waals surface area contributed by atoms with Gasteiger partial charge in [-0.3, -0.25) is 4.79 Å². The van der Waals surface area contributed by atoms with E-state index in [1.165, 1.54) is 0 Å². The Morgan fingerprint density at radius 3 is 2.22 bits per heavy atom. The minimum atomic E-state index is 0.133. The molecule has 0 aromatic rings. The largest absolute Gasteiger partial charge is 0.295 e. The van der Waals surface area contributed by atoms with Crippen LogP contribution in [0.3, 0.4) is 0 Å². The first-order valence-corrected chi connectivity index (χ1v) is 2.99. The third-order valence-corrected chi connectivity index (χ3v) is 1.09. The van der Waals surface area contributed by atoms with E-state index in [0.717, 1.165) is 5.57 Å². The highest BCUT2D eigenvalue weighted by Gasteiger charge is 1.90. The molecule has 50 valence electrons. The molecule has 1 nitrogen and oxygen atoms in total. The Morgan fingerprint density at radius 2 is 1.89 bits per heavy atom. The van der Waals surface area contributed by atoms with Crippen molar-refractivity contribution in [2.24, 2.45) is 0 Å². The van der Waals surface area contributed by atoms with Crippen molar-refractivity contribution in [1.82, 2.24) is 0 Å². The quantitative estimate of drug-likeness (QED) is 0.407. The summed E-state index contributed by atoms with van der Waals surface area (Å²) in [5, 5.41) is 0. The Bertz CT molecular complexity index is 152. The minimum Gasteiger partial charge on any atom is -0.295 e. The third-order valence-electron chi connectivity index (χ3n) is 1.09. The van der Waals surface area contributed by atoms with Gasteiger partial charge in [0, 0.05) is 0 Å². The van der Waals surface area contributed by atoms with Crippen LogP contribution in [-0.4, -0.2) is 5.78 Å². The van der Waals surface area contributed by atoms with Gasteiger partial charge in [-0.1, -0.05) is 18.2 Å². The van der Waals surface area contributed by atoms with E-state index in [0.29, 0.717) is 0 Å². The second kappa shape index (κ2) is 4.07. The van der Waals surface area contributed by atoms with Gasteiger partial charge in [0.1, 0.15) is 0 Å². The fraction of sp³-hybridized carbons (Fsp3) is 0.375. The molecule has 0 fully saturated rings. The molecule has 0 saturated carbocycles. The highest BCUT2D eigenvalue weighted by molar-refractivity contribution is 5.92. The van der Waals surface area contributed by atoms with E-state index in [1.54, 1.807) is 6.92 Å². The molecule has 0 aliphatic heterocycles. The van der Waals surface area contributed by atoms with Crippen molar-refractivity contribution in [1.29, 1.82) is 0 Å². The lowest BCUT2D eigenvalue weighted by molar-refractivity contribution is -0.113. The van der Waals surface area contributed by atoms with Crippen molar-refractivity contribution in [3.8, 4) is 0 Å². The Labute approximate surface area is 56.1 Å². The van der Waals surface area contributed by atoms with Gasteiger partial charge in [-0.15, -0.1) is 0 Å². The van der Waals surface area contributed by atoms with Gasteiger partial charge >= 0.3 is 0 Å². The summed E-state index contributed by atoms with van der Waals surface area (Å²) in [6.45, 7) is 5.29. The lowest BCUT2D eigenvalue weighted by atomic mass is 10.2. The molecule has 0 amide bonds. The summed E-state index contributed by atoms with van der Waals surface area (Å²) in [5.41, 5.74) is 0.799. The second-order valence-electron chi connectivity index (χ2n) is 1.93. The second-order valence-corrected chi connectivity index (χ2v) is 1.93. The number of ketones is 1. The zero-order chi connectivity index (χ0) is 7.28. The Balaban J connectivity index is 4.00. The number of rotatable bonds is 2. The molecule has 0 atom stereocenters. The van der Waals surface area contributed by atoms with Gasteiger partial charge in [0.15, 0.2) is 5.78 Å². The van der Waals surface area contributed by atoms with E-state index >= 15 is 0 Å². The van der Waals surface area contributed by atoms with Crippen molar-refractivity contribution in [2.75, 3.05) is 0 Å². The highest BCUT2D eigenvalue weighted by atomic mass is 16.1. The zero-order valence-corrected chi connectivity index (χ0v) is 6.14. The highest BCUT2D eigenvalue weighted by Crippen LogP contribution is 1.93. The average Bonchev–Trinajstić information content (AvgIpc) is 1.82. The monoisotopic (exact) mass is 124 g/mol. The molecule has 0 heterocycles. The van der Waals surface area contributed by atoms with Crippen molar-refractivity contribution < 1.29 is 4.79 Å². The van der Waals surface area contributed by atoms with Gasteiger partial charge in [-0.05, 0) is 26.3 Å². The fourth-order valence-corrected chi connectivity index (χ4v) is 0.358. The number of hydrogen-bond donors (Lipinski definition) is 0. The summed E-state index contributed by atoms with van der Waals surface area (Å²) in [4.78, 5) is 10.5. The van der Waals surface area contributed by atoms with Crippen LogP contribution in [0.5, 0.6) is 0 Å². The van der Waals surface area contributed by atoms with E-state index in [2.05, 4.69) is 0 Å². The van der Waals surface area contributed by atoms with Crippen LogP contribution in [0.15, 0.2) is 23.8 Å². The minimum absolute atomic E-state index is 0.133. The van der Waals surface area contributed by atoms with Crippen LogP contribution in [0, 0.1) is 0 Å². The molecule has 0 bridgehead atoms. The predicted molar refractivity (Wildman–Crippen MR) is 39.3 cm³/mol. The number of carbonyl (C=O) groups excluding carboxylic acids is 1. The van der Waals surface area contributed by atoms with Gasteiger partial charge in [-0.2, -0.15) is 0 Å². The summed E-state index contributed by atoms with van der Waals surface area (Å²) in [6.07, 6.45) is 5.56. The standard InChI is InChI=1S/C8H12O/c1-4-5-6-7(2)8(3)9/h4-6H,1-3H3/b5-4-,7-6+. The van der Waals surface area contributed by atoms with Gasteiger partial charge in [0.2, 0.25) is 0 Å². The molecule has 0 unspecified atom stereocenters. The number of allylic oxidation sites excluding steroid dienone is 4. The van der Waals surface area contributed by atoms with Gasteiger partial charge < -0.3 is 0 Å². The van der Waals surface area contributed by atoms with Crippen molar-refractivity contribution in [3.05, 3.63) is 23.8 Å². The molecule has 0 radical (unpaired) electrons. The lowest BCUT2D eigenvalue weighted by Crippen LogP contribution is -1.89. The molecule has 0 saturated heterocycles. The van der Waals surface area contributed by atoms with Crippen LogP contribution in [0.25, 0.3) is 0 Å². The first-order chi connectivity index (χ1) is 4.18.